The van der Waals surface area contributed by atoms with E-state index in [2.05, 4.69) is 24.3 Å². The van der Waals surface area contributed by atoms with E-state index in [-0.39, 0.29) is 23.6 Å². The normalized spacial score (nSPS) is 15.4. The number of carbonyl (C=O) groups excluding carboxylic acids is 1. The second-order valence-corrected chi connectivity index (χ2v) is 7.95. The molecule has 1 aliphatic rings. The Balaban J connectivity index is 1.68. The van der Waals surface area contributed by atoms with E-state index < -0.39 is 11.9 Å². The van der Waals surface area contributed by atoms with Gasteiger partial charge in [0, 0.05) is 0 Å². The minimum absolute atomic E-state index is 0.0432. The molecule has 178 valence electrons. The predicted octanol–water partition coefficient (Wildman–Crippen LogP) is 5.07. The molecule has 0 bridgehead atoms. The highest BCUT2D eigenvalue weighted by Gasteiger charge is 2.36. The molecule has 1 atom stereocenters. The quantitative estimate of drug-likeness (QED) is 0.481. The molecule has 0 spiro atoms. The lowest BCUT2D eigenvalue weighted by atomic mass is 9.83. The van der Waals surface area contributed by atoms with Crippen molar-refractivity contribution >= 4 is 16.7 Å². The van der Waals surface area contributed by atoms with Gasteiger partial charge >= 0.3 is 5.97 Å². The molecule has 0 radical (unpaired) electrons. The van der Waals surface area contributed by atoms with Gasteiger partial charge in [-0.15, -0.1) is 0 Å². The van der Waals surface area contributed by atoms with Gasteiger partial charge in [-0.05, 0) is 47.9 Å². The van der Waals surface area contributed by atoms with E-state index >= 15 is 0 Å². The third kappa shape index (κ3) is 4.64. The average Bonchev–Trinajstić information content (AvgIpc) is 2.87. The van der Waals surface area contributed by atoms with Crippen molar-refractivity contribution in [3.8, 4) is 17.6 Å². The van der Waals surface area contributed by atoms with Crippen LogP contribution >= 0.6 is 0 Å². The molecule has 1 heterocycles. The number of allylic oxidation sites excluding steroid dienone is 2. The van der Waals surface area contributed by atoms with Crippen LogP contribution in [-0.2, 0) is 20.9 Å². The van der Waals surface area contributed by atoms with Gasteiger partial charge in [0.05, 0.1) is 25.2 Å². The third-order valence-electron chi connectivity index (χ3n) is 5.89. The summed E-state index contributed by atoms with van der Waals surface area (Å²) in [7, 11) is 1.54. The Hall–Kier alpha value is -4.44. The minimum Gasteiger partial charge on any atom is -0.493 e. The lowest BCUT2D eigenvalue weighted by Crippen LogP contribution is -2.25. The molecule has 7 nitrogen and oxygen atoms in total. The first-order chi connectivity index (χ1) is 17.0. The van der Waals surface area contributed by atoms with Crippen LogP contribution in [-0.4, -0.2) is 19.7 Å². The molecule has 4 rings (SSSR count). The summed E-state index contributed by atoms with van der Waals surface area (Å²) < 4.78 is 22.4. The topological polar surface area (TPSA) is 104 Å². The van der Waals surface area contributed by atoms with Crippen LogP contribution in [0.4, 0.5) is 0 Å². The number of methoxy groups -OCH3 is 1. The van der Waals surface area contributed by atoms with E-state index in [1.54, 1.807) is 32.0 Å². The Morgan fingerprint density at radius 2 is 1.89 bits per heavy atom. The standard InChI is InChI=1S/C28H26N2O5/c1-4-33-28(31)25-17(2)35-27(30)22(15-29)26(25)19-12-13-23(24(14-19)32-3)34-16-20-10-7-9-18-8-5-6-11-21(18)20/h5-14,26H,4,16,30H2,1-3H3. The monoisotopic (exact) mass is 470 g/mol. The van der Waals surface area contributed by atoms with Crippen LogP contribution in [0.15, 0.2) is 83.5 Å². The third-order valence-corrected chi connectivity index (χ3v) is 5.89. The average molecular weight is 471 g/mol. The summed E-state index contributed by atoms with van der Waals surface area (Å²) in [5.74, 6) is -0.0751. The highest BCUT2D eigenvalue weighted by Crippen LogP contribution is 2.42. The fraction of sp³-hybridized carbons (Fsp3) is 0.214. The SMILES string of the molecule is CCOC(=O)C1=C(C)OC(N)=C(C#N)C1c1ccc(OCc2cccc3ccccc23)c(OC)c1. The summed E-state index contributed by atoms with van der Waals surface area (Å²) in [6.45, 7) is 3.87. The van der Waals surface area contributed by atoms with E-state index in [4.69, 9.17) is 24.7 Å². The Labute approximate surface area is 204 Å². The molecular formula is C28H26N2O5. The van der Waals surface area contributed by atoms with Gasteiger partial charge in [-0.1, -0.05) is 48.5 Å². The zero-order valence-corrected chi connectivity index (χ0v) is 19.8. The Kier molecular flexibility index (Phi) is 6.93. The number of benzene rings is 3. The molecule has 3 aromatic rings. The highest BCUT2D eigenvalue weighted by atomic mass is 16.5. The summed E-state index contributed by atoms with van der Waals surface area (Å²) in [4.78, 5) is 12.8. The van der Waals surface area contributed by atoms with Crippen molar-refractivity contribution in [3.63, 3.8) is 0 Å². The molecule has 0 saturated heterocycles. The highest BCUT2D eigenvalue weighted by molar-refractivity contribution is 5.92. The van der Waals surface area contributed by atoms with Gasteiger partial charge in [0.2, 0.25) is 5.88 Å². The maximum absolute atomic E-state index is 12.8. The molecule has 1 aliphatic heterocycles. The smallest absolute Gasteiger partial charge is 0.338 e. The summed E-state index contributed by atoms with van der Waals surface area (Å²) in [5.41, 5.74) is 8.03. The van der Waals surface area contributed by atoms with Crippen LogP contribution in [0.2, 0.25) is 0 Å². The molecule has 0 aliphatic carbocycles. The molecule has 0 amide bonds. The van der Waals surface area contributed by atoms with Gasteiger partial charge in [-0.3, -0.25) is 0 Å². The van der Waals surface area contributed by atoms with Crippen LogP contribution in [0, 0.1) is 11.3 Å². The second-order valence-electron chi connectivity index (χ2n) is 7.95. The first kappa shape index (κ1) is 23.7. The van der Waals surface area contributed by atoms with Crippen molar-refractivity contribution in [2.24, 2.45) is 5.73 Å². The number of ether oxygens (including phenoxy) is 4. The minimum atomic E-state index is -0.756. The van der Waals surface area contributed by atoms with Crippen LogP contribution in [0.1, 0.15) is 30.9 Å². The van der Waals surface area contributed by atoms with E-state index in [9.17, 15) is 10.1 Å². The number of nitrogens with two attached hydrogens (primary N) is 1. The van der Waals surface area contributed by atoms with Gasteiger partial charge in [-0.25, -0.2) is 4.79 Å². The van der Waals surface area contributed by atoms with Gasteiger partial charge in [0.25, 0.3) is 0 Å². The van der Waals surface area contributed by atoms with E-state index in [1.165, 1.54) is 7.11 Å². The van der Waals surface area contributed by atoms with Gasteiger partial charge < -0.3 is 24.7 Å². The maximum atomic E-state index is 12.8. The summed E-state index contributed by atoms with van der Waals surface area (Å²) in [5, 5.41) is 12.0. The van der Waals surface area contributed by atoms with Crippen molar-refractivity contribution in [3.05, 3.63) is 94.6 Å². The van der Waals surface area contributed by atoms with Gasteiger partial charge in [-0.2, -0.15) is 5.26 Å². The molecule has 35 heavy (non-hydrogen) atoms. The molecular weight excluding hydrogens is 444 g/mol. The van der Waals surface area contributed by atoms with Crippen molar-refractivity contribution in [2.75, 3.05) is 13.7 Å². The molecule has 1 unspecified atom stereocenters. The predicted molar refractivity (Wildman–Crippen MR) is 131 cm³/mol. The fourth-order valence-electron chi connectivity index (χ4n) is 4.24. The van der Waals surface area contributed by atoms with E-state index in [0.717, 1.165) is 16.3 Å². The van der Waals surface area contributed by atoms with Crippen LogP contribution in [0.3, 0.4) is 0 Å². The van der Waals surface area contributed by atoms with Crippen LogP contribution < -0.4 is 15.2 Å². The van der Waals surface area contributed by atoms with Crippen molar-refractivity contribution in [1.29, 1.82) is 5.26 Å². The van der Waals surface area contributed by atoms with Crippen molar-refractivity contribution in [1.82, 2.24) is 0 Å². The Morgan fingerprint density at radius 1 is 1.11 bits per heavy atom. The van der Waals surface area contributed by atoms with Crippen molar-refractivity contribution in [2.45, 2.75) is 26.4 Å². The number of hydrogen-bond acceptors (Lipinski definition) is 7. The first-order valence-corrected chi connectivity index (χ1v) is 11.2. The number of rotatable bonds is 7. The zero-order valence-electron chi connectivity index (χ0n) is 19.8. The van der Waals surface area contributed by atoms with Gasteiger partial charge in [0.15, 0.2) is 11.5 Å². The van der Waals surface area contributed by atoms with Gasteiger partial charge in [0.1, 0.15) is 24.0 Å². The molecule has 0 fully saturated rings. The maximum Gasteiger partial charge on any atom is 0.338 e. The molecule has 0 aromatic heterocycles. The molecule has 2 N–H and O–H groups in total. The fourth-order valence-corrected chi connectivity index (χ4v) is 4.24. The summed E-state index contributed by atoms with van der Waals surface area (Å²) in [6, 6.07) is 21.6. The molecule has 7 heteroatoms. The Bertz CT molecular complexity index is 1380. The largest absolute Gasteiger partial charge is 0.493 e. The summed E-state index contributed by atoms with van der Waals surface area (Å²) in [6.07, 6.45) is 0. The van der Waals surface area contributed by atoms with Crippen molar-refractivity contribution < 1.29 is 23.7 Å². The lowest BCUT2D eigenvalue weighted by molar-refractivity contribution is -0.139. The Morgan fingerprint density at radius 3 is 2.63 bits per heavy atom. The number of esters is 1. The second kappa shape index (κ2) is 10.2. The molecule has 3 aromatic carbocycles. The number of carbonyl (C=O) groups is 1. The summed E-state index contributed by atoms with van der Waals surface area (Å²) >= 11 is 0. The number of hydrogen-bond donors (Lipinski definition) is 1. The molecule has 0 saturated carbocycles. The van der Waals surface area contributed by atoms with E-state index in [0.29, 0.717) is 29.4 Å². The van der Waals surface area contributed by atoms with Crippen LogP contribution in [0.25, 0.3) is 10.8 Å². The number of nitrogens with zero attached hydrogens (tertiary/aromatic N) is 1. The first-order valence-electron chi connectivity index (χ1n) is 11.2. The zero-order chi connectivity index (χ0) is 24.9. The van der Waals surface area contributed by atoms with Crippen LogP contribution in [0.5, 0.6) is 11.5 Å². The lowest BCUT2D eigenvalue weighted by Gasteiger charge is -2.27. The number of nitriles is 1. The number of fused-ring (bicyclic) bond motifs is 1. The van der Waals surface area contributed by atoms with E-state index in [1.807, 2.05) is 24.3 Å².